The van der Waals surface area contributed by atoms with Crippen LogP contribution in [0.15, 0.2) is 180 Å². The van der Waals surface area contributed by atoms with Crippen molar-refractivity contribution < 1.29 is 36.9 Å². The number of rotatable bonds is 12. The van der Waals surface area contributed by atoms with Crippen molar-refractivity contribution in [2.24, 2.45) is 20.8 Å². The van der Waals surface area contributed by atoms with Crippen LogP contribution in [0.3, 0.4) is 0 Å². The van der Waals surface area contributed by atoms with Gasteiger partial charge in [0.2, 0.25) is 0 Å². The molecule has 2 atom stereocenters. The van der Waals surface area contributed by atoms with Crippen molar-refractivity contribution in [3.63, 3.8) is 0 Å². The third-order valence-corrected chi connectivity index (χ3v) is 14.3. The average Bonchev–Trinajstić information content (AvgIpc) is 3.20. The zero-order valence-corrected chi connectivity index (χ0v) is 36.9. The van der Waals surface area contributed by atoms with Crippen LogP contribution in [0.1, 0.15) is 52.7 Å². The summed E-state index contributed by atoms with van der Waals surface area (Å²) in [6.07, 6.45) is 3.39. The Morgan fingerprint density at radius 1 is 0.441 bits per heavy atom. The summed E-state index contributed by atoms with van der Waals surface area (Å²) >= 11 is 0. The molecule has 0 spiro atoms. The molecule has 0 saturated heterocycles. The van der Waals surface area contributed by atoms with Crippen LogP contribution < -0.4 is 42.0 Å². The van der Waals surface area contributed by atoms with E-state index >= 15 is 0 Å². The van der Waals surface area contributed by atoms with Gasteiger partial charge in [-0.1, -0.05) is 211 Å². The van der Waals surface area contributed by atoms with Gasteiger partial charge in [0.05, 0.1) is 24.0 Å². The minimum Gasteiger partial charge on any atom is -0.548 e. The first-order valence-corrected chi connectivity index (χ1v) is 21.9. The maximum atomic E-state index is 11.6. The molecule has 0 saturated carbocycles. The third kappa shape index (κ3) is 13.0. The Labute approximate surface area is 362 Å². The fourth-order valence-electron chi connectivity index (χ4n) is 6.35. The molecule has 0 N–H and O–H groups in total. The van der Waals surface area contributed by atoms with Crippen LogP contribution in [0.4, 0.5) is 0 Å². The van der Waals surface area contributed by atoms with E-state index < -0.39 is 50.7 Å². The predicted octanol–water partition coefficient (Wildman–Crippen LogP) is 6.05. The molecule has 305 valence electrons. The van der Waals surface area contributed by atoms with E-state index in [1.807, 2.05) is 102 Å². The van der Waals surface area contributed by atoms with Crippen molar-refractivity contribution in [2.75, 3.05) is 0 Å². The molecule has 0 aromatic heterocycles. The summed E-state index contributed by atoms with van der Waals surface area (Å²) in [6, 6.07) is 56.0. The van der Waals surface area contributed by atoms with Gasteiger partial charge in [-0.25, -0.2) is 0 Å². The Balaban J connectivity index is 0.000000256. The summed E-state index contributed by atoms with van der Waals surface area (Å²) < 4.78 is 0. The SMILES string of the molecule is CC(C)(C)C(/N=C\c1ccccc1P(c1ccccc1)c1ccccc1)C(=O)[O-].CC(C)(C)C(/N=C\c1ccccc1P(c1ccccc1)c1ccccc1)C(=O)[O-].[Cu+2]. The van der Waals surface area contributed by atoms with E-state index in [1.165, 1.54) is 21.2 Å². The first kappa shape index (κ1) is 46.7. The van der Waals surface area contributed by atoms with Crippen molar-refractivity contribution in [1.82, 2.24) is 0 Å². The Morgan fingerprint density at radius 2 is 0.678 bits per heavy atom. The molecule has 0 bridgehead atoms. The van der Waals surface area contributed by atoms with Crippen LogP contribution in [0.2, 0.25) is 0 Å². The van der Waals surface area contributed by atoms with Gasteiger partial charge in [0.25, 0.3) is 0 Å². The number of aliphatic imine (C=N–C) groups is 2. The number of carbonyl (C=O) groups excluding carboxylic acids is 2. The molecule has 1 radical (unpaired) electrons. The van der Waals surface area contributed by atoms with Crippen LogP contribution in [0, 0.1) is 10.8 Å². The van der Waals surface area contributed by atoms with E-state index in [9.17, 15) is 19.8 Å². The fourth-order valence-corrected chi connectivity index (χ4v) is 11.2. The second-order valence-electron chi connectivity index (χ2n) is 15.9. The summed E-state index contributed by atoms with van der Waals surface area (Å²) in [6.45, 7) is 11.2. The minimum atomic E-state index is -1.15. The molecule has 0 amide bonds. The standard InChI is InChI=1S/2C25H26NO2P.Cu/c2*1-25(2,3)23(24(27)28)26-18-19-12-10-11-17-22(19)29(20-13-6-4-7-14-20)21-15-8-5-9-16-21;/h2*4-18,23H,1-3H3,(H,27,28);/q;;+2/p-2/b2*26-18-;. The Kier molecular flexibility index (Phi) is 17.3. The number of hydrogen-bond donors (Lipinski definition) is 0. The minimum absolute atomic E-state index is 0. The maximum Gasteiger partial charge on any atom is 2.00 e. The number of benzene rings is 6. The van der Waals surface area contributed by atoms with Gasteiger partial charge >= 0.3 is 17.1 Å². The predicted molar refractivity (Wildman–Crippen MR) is 242 cm³/mol. The van der Waals surface area contributed by atoms with Gasteiger partial charge in [-0.15, -0.1) is 0 Å². The Morgan fingerprint density at radius 3 is 0.915 bits per heavy atom. The number of nitrogens with zero attached hydrogens (tertiary/aromatic N) is 2. The summed E-state index contributed by atoms with van der Waals surface area (Å²) in [5, 5.41) is 30.5. The third-order valence-electron chi connectivity index (χ3n) is 9.23. The summed E-state index contributed by atoms with van der Waals surface area (Å²) in [4.78, 5) is 32.1. The zero-order chi connectivity index (χ0) is 41.7. The molecular formula is C50H50CuN2O4P2. The van der Waals surface area contributed by atoms with Crippen molar-refractivity contribution >= 4 is 72.0 Å². The molecule has 0 aliphatic heterocycles. The Hall–Kier alpha value is -5.02. The quantitative estimate of drug-likeness (QED) is 0.0849. The number of carboxylic acid groups (broad SMARTS) is 2. The van der Waals surface area contributed by atoms with Crippen molar-refractivity contribution in [3.05, 3.63) is 181 Å². The number of hydrogen-bond acceptors (Lipinski definition) is 6. The topological polar surface area (TPSA) is 105 Å². The smallest absolute Gasteiger partial charge is 0.548 e. The van der Waals surface area contributed by atoms with E-state index in [4.69, 9.17) is 0 Å². The van der Waals surface area contributed by atoms with Gasteiger partial charge < -0.3 is 19.8 Å². The molecule has 0 fully saturated rings. The van der Waals surface area contributed by atoms with Crippen LogP contribution in [-0.4, -0.2) is 36.5 Å². The molecule has 59 heavy (non-hydrogen) atoms. The molecule has 6 nitrogen and oxygen atoms in total. The summed E-state index contributed by atoms with van der Waals surface area (Å²) in [5.41, 5.74) is 0.825. The first-order valence-electron chi connectivity index (χ1n) is 19.2. The van der Waals surface area contributed by atoms with Crippen molar-refractivity contribution in [2.45, 2.75) is 53.6 Å². The molecule has 6 aromatic rings. The molecule has 0 heterocycles. The zero-order valence-electron chi connectivity index (χ0n) is 34.2. The molecule has 0 aliphatic rings. The largest absolute Gasteiger partial charge is 2.00 e. The molecule has 6 rings (SSSR count). The van der Waals surface area contributed by atoms with E-state index in [-0.39, 0.29) is 17.1 Å². The second-order valence-corrected chi connectivity index (χ2v) is 20.2. The van der Waals surface area contributed by atoms with Crippen molar-refractivity contribution in [1.29, 1.82) is 0 Å². The van der Waals surface area contributed by atoms with Crippen LogP contribution in [0.5, 0.6) is 0 Å². The van der Waals surface area contributed by atoms with Crippen molar-refractivity contribution in [3.8, 4) is 0 Å². The Bertz CT molecular complexity index is 2050. The van der Waals surface area contributed by atoms with Gasteiger partial charge in [0.1, 0.15) is 0 Å². The number of carboxylic acids is 2. The van der Waals surface area contributed by atoms with Crippen LogP contribution in [-0.2, 0) is 26.7 Å². The normalized spacial score (nSPS) is 12.7. The van der Waals surface area contributed by atoms with Gasteiger partial charge in [0.15, 0.2) is 0 Å². The van der Waals surface area contributed by atoms with Crippen LogP contribution >= 0.6 is 15.8 Å². The first-order chi connectivity index (χ1) is 27.8. The summed E-state index contributed by atoms with van der Waals surface area (Å²) in [5.74, 6) is -2.31. The van der Waals surface area contributed by atoms with Gasteiger partial charge in [-0.3, -0.25) is 9.98 Å². The molecule has 6 aromatic carbocycles. The molecular weight excluding hydrogens is 818 g/mol. The molecule has 9 heteroatoms. The monoisotopic (exact) mass is 867 g/mol. The van der Waals surface area contributed by atoms with Crippen LogP contribution in [0.25, 0.3) is 0 Å². The number of aliphatic carboxylic acids is 2. The second kappa shape index (κ2) is 21.8. The van der Waals surface area contributed by atoms with E-state index in [2.05, 4.69) is 119 Å². The number of carbonyl (C=O) groups is 2. The van der Waals surface area contributed by atoms with E-state index in [0.29, 0.717) is 0 Å². The molecule has 2 unspecified atom stereocenters. The van der Waals surface area contributed by atoms with Gasteiger partial charge in [0, 0.05) is 23.6 Å². The average molecular weight is 868 g/mol. The van der Waals surface area contributed by atoms with E-state index in [1.54, 1.807) is 12.4 Å². The fraction of sp³-hybridized carbons (Fsp3) is 0.200. The van der Waals surface area contributed by atoms with Gasteiger partial charge in [-0.2, -0.15) is 0 Å². The molecule has 0 aliphatic carbocycles. The maximum absolute atomic E-state index is 11.6. The summed E-state index contributed by atoms with van der Waals surface area (Å²) in [7, 11) is -1.59. The van der Waals surface area contributed by atoms with Gasteiger partial charge in [-0.05, 0) is 58.5 Å². The van der Waals surface area contributed by atoms with E-state index in [0.717, 1.165) is 21.7 Å².